The molecule has 60 valence electrons. The maximum absolute atomic E-state index is 5.60. The predicted octanol–water partition coefficient (Wildman–Crippen LogP) is 1.94. The second-order valence-corrected chi connectivity index (χ2v) is 3.34. The number of ether oxygens (including phenoxy) is 2. The highest BCUT2D eigenvalue weighted by Gasteiger charge is 2.27. The lowest BCUT2D eigenvalue weighted by Crippen LogP contribution is -2.38. The van der Waals surface area contributed by atoms with Crippen molar-refractivity contribution in [2.24, 2.45) is 0 Å². The van der Waals surface area contributed by atoms with Gasteiger partial charge in [-0.3, -0.25) is 0 Å². The van der Waals surface area contributed by atoms with Crippen molar-refractivity contribution in [3.63, 3.8) is 0 Å². The van der Waals surface area contributed by atoms with E-state index in [-0.39, 0.29) is 11.9 Å². The molecule has 0 unspecified atom stereocenters. The lowest BCUT2D eigenvalue weighted by Gasteiger charge is -2.35. The molecule has 0 spiro atoms. The van der Waals surface area contributed by atoms with E-state index in [4.69, 9.17) is 9.47 Å². The summed E-state index contributed by atoms with van der Waals surface area (Å²) in [7, 11) is 0. The Bertz CT molecular complexity index is 110. The first-order valence-corrected chi connectivity index (χ1v) is 3.93. The number of rotatable bonds is 1. The third-order valence-corrected chi connectivity index (χ3v) is 1.79. The van der Waals surface area contributed by atoms with Crippen molar-refractivity contribution < 1.29 is 9.47 Å². The highest BCUT2D eigenvalue weighted by molar-refractivity contribution is 4.72. The first-order chi connectivity index (χ1) is 4.64. The van der Waals surface area contributed by atoms with Crippen molar-refractivity contribution in [3.05, 3.63) is 0 Å². The molecule has 0 radical (unpaired) electrons. The van der Waals surface area contributed by atoms with E-state index in [2.05, 4.69) is 20.8 Å². The summed E-state index contributed by atoms with van der Waals surface area (Å²) >= 11 is 0. The zero-order valence-electron chi connectivity index (χ0n) is 7.02. The quantitative estimate of drug-likeness (QED) is 0.560. The molecular formula is C8H16O2. The smallest absolute Gasteiger partial charge is 0.158 e. The molecule has 0 aromatic rings. The molecule has 0 N–H and O–H groups in total. The normalized spacial score (nSPS) is 32.1. The van der Waals surface area contributed by atoms with Crippen LogP contribution in [0.1, 0.15) is 33.6 Å². The Kier molecular flexibility index (Phi) is 2.32. The molecule has 1 fully saturated rings. The molecule has 1 aliphatic heterocycles. The molecule has 2 heteroatoms. The molecule has 0 amide bonds. The molecule has 0 bridgehead atoms. The van der Waals surface area contributed by atoms with Crippen molar-refractivity contribution in [1.29, 1.82) is 0 Å². The Labute approximate surface area is 62.5 Å². The van der Waals surface area contributed by atoms with E-state index in [1.807, 2.05) is 0 Å². The van der Waals surface area contributed by atoms with Gasteiger partial charge < -0.3 is 9.47 Å². The molecule has 10 heavy (non-hydrogen) atoms. The fraction of sp³-hybridized carbons (Fsp3) is 1.00. The average molecular weight is 144 g/mol. The molecule has 1 aliphatic rings. The molecule has 0 aromatic carbocycles. The van der Waals surface area contributed by atoms with E-state index < -0.39 is 0 Å². The van der Waals surface area contributed by atoms with Gasteiger partial charge in [-0.15, -0.1) is 0 Å². The van der Waals surface area contributed by atoms with Gasteiger partial charge in [0, 0.05) is 0 Å². The van der Waals surface area contributed by atoms with Crippen LogP contribution in [0, 0.1) is 0 Å². The maximum atomic E-state index is 5.60. The molecule has 0 aliphatic carbocycles. The second-order valence-electron chi connectivity index (χ2n) is 3.34. The first kappa shape index (κ1) is 8.02. The highest BCUT2D eigenvalue weighted by Crippen LogP contribution is 2.23. The van der Waals surface area contributed by atoms with Crippen LogP contribution in [0.3, 0.4) is 0 Å². The van der Waals surface area contributed by atoms with Crippen LogP contribution in [0.2, 0.25) is 0 Å². The Morgan fingerprint density at radius 1 is 1.50 bits per heavy atom. The Hall–Kier alpha value is -0.0800. The van der Waals surface area contributed by atoms with Crippen molar-refractivity contribution in [1.82, 2.24) is 0 Å². The first-order valence-electron chi connectivity index (χ1n) is 3.93. The predicted molar refractivity (Wildman–Crippen MR) is 39.8 cm³/mol. The molecule has 0 saturated carbocycles. The molecule has 2 nitrogen and oxygen atoms in total. The molecule has 1 rings (SSSR count). The molecule has 1 heterocycles. The van der Waals surface area contributed by atoms with Gasteiger partial charge in [0.15, 0.2) is 6.29 Å². The topological polar surface area (TPSA) is 18.5 Å². The van der Waals surface area contributed by atoms with Crippen LogP contribution in [-0.4, -0.2) is 18.5 Å². The van der Waals surface area contributed by atoms with E-state index in [9.17, 15) is 0 Å². The van der Waals surface area contributed by atoms with Crippen LogP contribution in [0.15, 0.2) is 0 Å². The van der Waals surface area contributed by atoms with E-state index in [0.29, 0.717) is 0 Å². The Balaban J connectivity index is 2.40. The summed E-state index contributed by atoms with van der Waals surface area (Å²) in [6.45, 7) is 7.13. The van der Waals surface area contributed by atoms with E-state index in [1.54, 1.807) is 0 Å². The largest absolute Gasteiger partial charge is 0.353 e. The minimum atomic E-state index is 0.0267. The van der Waals surface area contributed by atoms with Gasteiger partial charge in [-0.2, -0.15) is 0 Å². The summed E-state index contributed by atoms with van der Waals surface area (Å²) in [5.74, 6) is 0. The fourth-order valence-corrected chi connectivity index (χ4v) is 1.09. The van der Waals surface area contributed by atoms with Crippen LogP contribution in [0.4, 0.5) is 0 Å². The molecule has 0 aromatic heterocycles. The van der Waals surface area contributed by atoms with Gasteiger partial charge in [0.2, 0.25) is 0 Å². The van der Waals surface area contributed by atoms with Gasteiger partial charge in [0.25, 0.3) is 0 Å². The third-order valence-electron chi connectivity index (χ3n) is 1.79. The average Bonchev–Trinajstić information content (AvgIpc) is 1.86. The third kappa shape index (κ3) is 1.96. The van der Waals surface area contributed by atoms with Crippen LogP contribution in [0.5, 0.6) is 0 Å². The molecule has 1 saturated heterocycles. The van der Waals surface area contributed by atoms with Gasteiger partial charge in [-0.1, -0.05) is 6.92 Å². The van der Waals surface area contributed by atoms with Crippen molar-refractivity contribution >= 4 is 0 Å². The lowest BCUT2D eigenvalue weighted by molar-refractivity contribution is -0.244. The monoisotopic (exact) mass is 144 g/mol. The summed E-state index contributed by atoms with van der Waals surface area (Å²) in [6, 6.07) is 0. The minimum absolute atomic E-state index is 0.0267. The van der Waals surface area contributed by atoms with Crippen molar-refractivity contribution in [2.75, 3.05) is 6.61 Å². The van der Waals surface area contributed by atoms with E-state index >= 15 is 0 Å². The fourth-order valence-electron chi connectivity index (χ4n) is 1.09. The summed E-state index contributed by atoms with van der Waals surface area (Å²) in [4.78, 5) is 0. The van der Waals surface area contributed by atoms with E-state index in [0.717, 1.165) is 19.4 Å². The van der Waals surface area contributed by atoms with Crippen LogP contribution < -0.4 is 0 Å². The van der Waals surface area contributed by atoms with Crippen LogP contribution in [0.25, 0.3) is 0 Å². The summed E-state index contributed by atoms with van der Waals surface area (Å²) in [6.07, 6.45) is 1.98. The van der Waals surface area contributed by atoms with Gasteiger partial charge in [-0.25, -0.2) is 0 Å². The van der Waals surface area contributed by atoms with Crippen molar-refractivity contribution in [3.8, 4) is 0 Å². The van der Waals surface area contributed by atoms with Crippen LogP contribution in [-0.2, 0) is 9.47 Å². The van der Waals surface area contributed by atoms with Crippen LogP contribution >= 0.6 is 0 Å². The van der Waals surface area contributed by atoms with Crippen molar-refractivity contribution in [2.45, 2.75) is 45.5 Å². The standard InChI is InChI=1S/C8H16O2/c1-4-7-9-6-5-8(2,3)10-7/h7H,4-6H2,1-3H3/t7-/m0/s1. The summed E-state index contributed by atoms with van der Waals surface area (Å²) in [5, 5.41) is 0. The Morgan fingerprint density at radius 2 is 2.20 bits per heavy atom. The summed E-state index contributed by atoms with van der Waals surface area (Å²) < 4.78 is 10.9. The zero-order chi connectivity index (χ0) is 7.61. The molecule has 1 atom stereocenters. The number of hydrogen-bond donors (Lipinski definition) is 0. The van der Waals surface area contributed by atoms with E-state index in [1.165, 1.54) is 0 Å². The summed E-state index contributed by atoms with van der Waals surface area (Å²) in [5.41, 5.74) is 0.0267. The minimum Gasteiger partial charge on any atom is -0.353 e. The second kappa shape index (κ2) is 2.89. The number of hydrogen-bond acceptors (Lipinski definition) is 2. The molecular weight excluding hydrogens is 128 g/mol. The Morgan fingerprint density at radius 3 is 2.60 bits per heavy atom. The zero-order valence-corrected chi connectivity index (χ0v) is 7.02. The van der Waals surface area contributed by atoms with Gasteiger partial charge in [0.05, 0.1) is 12.2 Å². The van der Waals surface area contributed by atoms with Gasteiger partial charge >= 0.3 is 0 Å². The maximum Gasteiger partial charge on any atom is 0.158 e. The SMILES string of the molecule is CC[C@H]1OCCC(C)(C)O1. The lowest BCUT2D eigenvalue weighted by atomic mass is 10.1. The van der Waals surface area contributed by atoms with Gasteiger partial charge in [0.1, 0.15) is 0 Å². The van der Waals surface area contributed by atoms with Gasteiger partial charge in [-0.05, 0) is 26.7 Å². The highest BCUT2D eigenvalue weighted by atomic mass is 16.7.